The van der Waals surface area contributed by atoms with Crippen LogP contribution in [0.2, 0.25) is 0 Å². The van der Waals surface area contributed by atoms with Crippen molar-refractivity contribution in [1.82, 2.24) is 0 Å². The van der Waals surface area contributed by atoms with E-state index in [1.54, 1.807) is 0 Å². The number of hydrogen-bond acceptors (Lipinski definition) is 0. The molecule has 0 heterocycles. The van der Waals surface area contributed by atoms with E-state index >= 15 is 0 Å². The molecule has 3 aromatic carbocycles. The van der Waals surface area contributed by atoms with Gasteiger partial charge in [0.1, 0.15) is 0 Å². The van der Waals surface area contributed by atoms with Crippen molar-refractivity contribution in [3.05, 3.63) is 107 Å². The number of hydrogen-bond donors (Lipinski definition) is 0. The highest BCUT2D eigenvalue weighted by Crippen LogP contribution is 2.07. The van der Waals surface area contributed by atoms with E-state index in [1.807, 2.05) is 0 Å². The second kappa shape index (κ2) is 8.06. The van der Waals surface area contributed by atoms with E-state index in [-0.39, 0.29) is 0 Å². The molecule has 0 atom stereocenters. The molecule has 0 amide bonds. The molecule has 0 aliphatic heterocycles. The average molecular weight is 274 g/mol. The zero-order chi connectivity index (χ0) is 14.9. The van der Waals surface area contributed by atoms with E-state index in [0.717, 1.165) is 6.42 Å². The Balaban J connectivity index is 0.000000173. The average Bonchev–Trinajstić information content (AvgIpc) is 2.50. The monoisotopic (exact) mass is 274 g/mol. The summed E-state index contributed by atoms with van der Waals surface area (Å²) in [6.45, 7) is 4.21. The molecule has 106 valence electrons. The van der Waals surface area contributed by atoms with Crippen LogP contribution in [0.1, 0.15) is 22.3 Å². The van der Waals surface area contributed by atoms with E-state index in [9.17, 15) is 0 Å². The minimum absolute atomic E-state index is 1.03. The van der Waals surface area contributed by atoms with Crippen LogP contribution in [-0.2, 0) is 6.42 Å². The summed E-state index contributed by atoms with van der Waals surface area (Å²) in [6, 6.07) is 29.5. The number of rotatable bonds is 2. The standard InChI is InChI=1S/C13H12.C8H10/c1-3-7-12(8-4-1)11-13-9-5-2-6-10-13;1-7-4-3-5-8(2)6-7/h1-10H,11H2;3-6H,1-2H3. The molecule has 0 aromatic heterocycles. The van der Waals surface area contributed by atoms with Crippen LogP contribution in [0.5, 0.6) is 0 Å². The molecule has 0 aliphatic rings. The predicted molar refractivity (Wildman–Crippen MR) is 91.6 cm³/mol. The maximum atomic E-state index is 2.17. The molecule has 3 rings (SSSR count). The zero-order valence-corrected chi connectivity index (χ0v) is 12.8. The van der Waals surface area contributed by atoms with Gasteiger partial charge in [-0.15, -0.1) is 0 Å². The Bertz CT molecular complexity index is 584. The van der Waals surface area contributed by atoms with Crippen LogP contribution in [0.15, 0.2) is 84.9 Å². The molecule has 0 heteroatoms. The molecule has 0 nitrogen and oxygen atoms in total. The molecule has 0 aliphatic carbocycles. The third kappa shape index (κ3) is 5.66. The van der Waals surface area contributed by atoms with E-state index in [0.29, 0.717) is 0 Å². The van der Waals surface area contributed by atoms with Crippen molar-refractivity contribution in [1.29, 1.82) is 0 Å². The lowest BCUT2D eigenvalue weighted by Gasteiger charge is -2.00. The van der Waals surface area contributed by atoms with Gasteiger partial charge in [0.2, 0.25) is 0 Å². The maximum Gasteiger partial charge on any atom is -0.00258 e. The lowest BCUT2D eigenvalue weighted by molar-refractivity contribution is 1.19. The van der Waals surface area contributed by atoms with Crippen LogP contribution >= 0.6 is 0 Å². The summed E-state index contributed by atoms with van der Waals surface area (Å²) >= 11 is 0. The Labute approximate surface area is 128 Å². The first-order valence-corrected chi connectivity index (χ1v) is 7.35. The normalized spacial score (nSPS) is 9.62. The van der Waals surface area contributed by atoms with Gasteiger partial charge in [-0.2, -0.15) is 0 Å². The third-order valence-corrected chi connectivity index (χ3v) is 3.27. The summed E-state index contributed by atoms with van der Waals surface area (Å²) in [5.41, 5.74) is 5.41. The van der Waals surface area contributed by atoms with Crippen LogP contribution < -0.4 is 0 Å². The van der Waals surface area contributed by atoms with Crippen molar-refractivity contribution in [2.45, 2.75) is 20.3 Å². The molecular formula is C21H22. The molecule has 0 N–H and O–H groups in total. The topological polar surface area (TPSA) is 0 Å². The zero-order valence-electron chi connectivity index (χ0n) is 12.8. The van der Waals surface area contributed by atoms with Crippen LogP contribution in [-0.4, -0.2) is 0 Å². The van der Waals surface area contributed by atoms with Gasteiger partial charge in [0, 0.05) is 0 Å². The SMILES string of the molecule is Cc1cccc(C)c1.c1ccc(Cc2ccccc2)cc1. The Hall–Kier alpha value is -2.34. The molecule has 0 radical (unpaired) electrons. The Morgan fingerprint density at radius 1 is 0.524 bits per heavy atom. The maximum absolute atomic E-state index is 2.17. The van der Waals surface area contributed by atoms with E-state index in [1.165, 1.54) is 22.3 Å². The van der Waals surface area contributed by atoms with Gasteiger partial charge >= 0.3 is 0 Å². The first kappa shape index (κ1) is 15.1. The second-order valence-corrected chi connectivity index (χ2v) is 5.31. The van der Waals surface area contributed by atoms with Gasteiger partial charge in [0.15, 0.2) is 0 Å². The lowest BCUT2D eigenvalue weighted by Crippen LogP contribution is -1.85. The molecular weight excluding hydrogens is 252 g/mol. The first-order valence-electron chi connectivity index (χ1n) is 7.35. The van der Waals surface area contributed by atoms with Crippen molar-refractivity contribution >= 4 is 0 Å². The van der Waals surface area contributed by atoms with Crippen molar-refractivity contribution in [2.75, 3.05) is 0 Å². The van der Waals surface area contributed by atoms with E-state index in [4.69, 9.17) is 0 Å². The summed E-state index contributed by atoms with van der Waals surface area (Å²) in [5, 5.41) is 0. The first-order chi connectivity index (χ1) is 10.2. The fourth-order valence-corrected chi connectivity index (χ4v) is 2.23. The smallest absolute Gasteiger partial charge is 0.00258 e. The molecule has 0 fully saturated rings. The van der Waals surface area contributed by atoms with E-state index in [2.05, 4.69) is 98.8 Å². The predicted octanol–water partition coefficient (Wildman–Crippen LogP) is 5.58. The number of benzene rings is 3. The largest absolute Gasteiger partial charge is 0.0622 e. The third-order valence-electron chi connectivity index (χ3n) is 3.27. The fraction of sp³-hybridized carbons (Fsp3) is 0.143. The van der Waals surface area contributed by atoms with Crippen molar-refractivity contribution in [3.8, 4) is 0 Å². The van der Waals surface area contributed by atoms with Crippen LogP contribution in [0.3, 0.4) is 0 Å². The molecule has 0 unspecified atom stereocenters. The molecule has 0 saturated heterocycles. The fourth-order valence-electron chi connectivity index (χ4n) is 2.23. The van der Waals surface area contributed by atoms with Gasteiger partial charge in [0.05, 0.1) is 0 Å². The van der Waals surface area contributed by atoms with E-state index < -0.39 is 0 Å². The summed E-state index contributed by atoms with van der Waals surface area (Å²) in [7, 11) is 0. The molecule has 21 heavy (non-hydrogen) atoms. The van der Waals surface area contributed by atoms with Crippen molar-refractivity contribution in [2.24, 2.45) is 0 Å². The van der Waals surface area contributed by atoms with Gasteiger partial charge in [-0.3, -0.25) is 0 Å². The molecule has 0 spiro atoms. The van der Waals surface area contributed by atoms with Crippen molar-refractivity contribution in [3.63, 3.8) is 0 Å². The van der Waals surface area contributed by atoms with Gasteiger partial charge in [-0.05, 0) is 31.4 Å². The minimum atomic E-state index is 1.03. The Morgan fingerprint density at radius 2 is 0.952 bits per heavy atom. The highest BCUT2D eigenvalue weighted by atomic mass is 14.0. The highest BCUT2D eigenvalue weighted by molar-refractivity contribution is 5.25. The van der Waals surface area contributed by atoms with Gasteiger partial charge in [0.25, 0.3) is 0 Å². The minimum Gasteiger partial charge on any atom is -0.0622 e. The second-order valence-electron chi connectivity index (χ2n) is 5.31. The van der Waals surface area contributed by atoms with Crippen molar-refractivity contribution < 1.29 is 0 Å². The quantitative estimate of drug-likeness (QED) is 0.572. The Kier molecular flexibility index (Phi) is 5.78. The summed E-state index contributed by atoms with van der Waals surface area (Å²) in [5.74, 6) is 0. The van der Waals surface area contributed by atoms with Crippen LogP contribution in [0.4, 0.5) is 0 Å². The molecule has 3 aromatic rings. The molecule has 0 bridgehead atoms. The molecule has 0 saturated carbocycles. The highest BCUT2D eigenvalue weighted by Gasteiger charge is 1.92. The summed E-state index contributed by atoms with van der Waals surface area (Å²) in [6.07, 6.45) is 1.03. The number of aryl methyl sites for hydroxylation is 2. The van der Waals surface area contributed by atoms with Gasteiger partial charge in [-0.1, -0.05) is 96.1 Å². The van der Waals surface area contributed by atoms with Gasteiger partial charge in [-0.25, -0.2) is 0 Å². The summed E-state index contributed by atoms with van der Waals surface area (Å²) in [4.78, 5) is 0. The van der Waals surface area contributed by atoms with Crippen LogP contribution in [0.25, 0.3) is 0 Å². The van der Waals surface area contributed by atoms with Gasteiger partial charge < -0.3 is 0 Å². The summed E-state index contributed by atoms with van der Waals surface area (Å²) < 4.78 is 0. The Morgan fingerprint density at radius 3 is 1.29 bits per heavy atom. The van der Waals surface area contributed by atoms with Crippen LogP contribution in [0, 0.1) is 13.8 Å². The lowest BCUT2D eigenvalue weighted by atomic mass is 10.1.